The molecular weight excluding hydrogens is 254 g/mol. The van der Waals surface area contributed by atoms with Crippen LogP contribution >= 0.6 is 11.3 Å². The summed E-state index contributed by atoms with van der Waals surface area (Å²) in [7, 11) is 6.63. The van der Waals surface area contributed by atoms with Crippen molar-refractivity contribution in [2.45, 2.75) is 37.8 Å². The molecule has 1 fully saturated rings. The molecule has 1 aromatic rings. The quantitative estimate of drug-likeness (QED) is 0.869. The van der Waals surface area contributed by atoms with Gasteiger partial charge in [-0.15, -0.1) is 11.3 Å². The lowest BCUT2D eigenvalue weighted by atomic mass is 9.75. The Balaban J connectivity index is 2.07. The summed E-state index contributed by atoms with van der Waals surface area (Å²) in [4.78, 5) is 7.62. The van der Waals surface area contributed by atoms with Crippen molar-refractivity contribution >= 4 is 11.3 Å². The van der Waals surface area contributed by atoms with Crippen LogP contribution in [0.15, 0.2) is 12.1 Å². The minimum atomic E-state index is 0.358. The van der Waals surface area contributed by atoms with Crippen molar-refractivity contribution in [1.29, 1.82) is 0 Å². The Morgan fingerprint density at radius 1 is 1.32 bits per heavy atom. The summed E-state index contributed by atoms with van der Waals surface area (Å²) in [5, 5.41) is 0. The highest BCUT2D eigenvalue weighted by atomic mass is 32.1. The summed E-state index contributed by atoms with van der Waals surface area (Å²) < 4.78 is 0. The second-order valence-electron chi connectivity index (χ2n) is 6.09. The van der Waals surface area contributed by atoms with Gasteiger partial charge in [-0.25, -0.2) is 0 Å². The second kappa shape index (κ2) is 5.92. The molecule has 1 unspecified atom stereocenters. The zero-order valence-electron chi connectivity index (χ0n) is 12.6. The Morgan fingerprint density at radius 2 is 2.00 bits per heavy atom. The molecule has 4 heteroatoms. The molecule has 1 saturated carbocycles. The normalized spacial score (nSPS) is 19.7. The number of hydrogen-bond donors (Lipinski definition) is 1. The van der Waals surface area contributed by atoms with E-state index in [1.807, 2.05) is 11.3 Å². The van der Waals surface area contributed by atoms with Crippen molar-refractivity contribution in [3.05, 3.63) is 21.9 Å². The molecule has 0 aromatic carbocycles. The zero-order valence-corrected chi connectivity index (χ0v) is 13.5. The van der Waals surface area contributed by atoms with Gasteiger partial charge in [-0.2, -0.15) is 0 Å². The van der Waals surface area contributed by atoms with Crippen LogP contribution in [-0.4, -0.2) is 49.6 Å². The van der Waals surface area contributed by atoms with Gasteiger partial charge in [0.2, 0.25) is 0 Å². The van der Waals surface area contributed by atoms with E-state index in [9.17, 15) is 0 Å². The van der Waals surface area contributed by atoms with Gasteiger partial charge in [-0.1, -0.05) is 0 Å². The average Bonchev–Trinajstić information content (AvgIpc) is 2.70. The standard InChI is InChI=1S/C15H27N3S/c1-12-6-7-14(19-12)13(10-16)18(4)11-15(17(2)3)8-5-9-15/h6-7,13H,5,8-11,16H2,1-4H3. The molecule has 0 amide bonds. The molecule has 1 aromatic heterocycles. The van der Waals surface area contributed by atoms with E-state index in [1.165, 1.54) is 29.0 Å². The lowest BCUT2D eigenvalue weighted by Gasteiger charge is -2.50. The minimum absolute atomic E-state index is 0.358. The minimum Gasteiger partial charge on any atom is -0.329 e. The summed E-state index contributed by atoms with van der Waals surface area (Å²) in [6.07, 6.45) is 3.98. The summed E-state index contributed by atoms with van der Waals surface area (Å²) in [5.74, 6) is 0. The van der Waals surface area contributed by atoms with Crippen LogP contribution < -0.4 is 5.73 Å². The fourth-order valence-electron chi connectivity index (χ4n) is 3.05. The third kappa shape index (κ3) is 3.02. The number of nitrogens with two attached hydrogens (primary N) is 1. The molecule has 2 N–H and O–H groups in total. The van der Waals surface area contributed by atoms with Gasteiger partial charge < -0.3 is 10.6 Å². The van der Waals surface area contributed by atoms with Crippen molar-refractivity contribution < 1.29 is 0 Å². The number of hydrogen-bond acceptors (Lipinski definition) is 4. The maximum Gasteiger partial charge on any atom is 0.0562 e. The molecule has 1 atom stereocenters. The van der Waals surface area contributed by atoms with Crippen LogP contribution in [0.3, 0.4) is 0 Å². The van der Waals surface area contributed by atoms with E-state index in [-0.39, 0.29) is 0 Å². The van der Waals surface area contributed by atoms with Gasteiger partial charge in [0.05, 0.1) is 6.04 Å². The Labute approximate surface area is 121 Å². The second-order valence-corrected chi connectivity index (χ2v) is 7.41. The molecule has 2 rings (SSSR count). The van der Waals surface area contributed by atoms with Crippen molar-refractivity contribution in [2.75, 3.05) is 34.2 Å². The first-order chi connectivity index (χ1) is 8.98. The summed E-state index contributed by atoms with van der Waals surface area (Å²) in [6.45, 7) is 3.97. The molecule has 0 spiro atoms. The van der Waals surface area contributed by atoms with E-state index in [0.717, 1.165) is 6.54 Å². The van der Waals surface area contributed by atoms with Crippen LogP contribution in [0.1, 0.15) is 35.1 Å². The Bertz CT molecular complexity index is 409. The average molecular weight is 281 g/mol. The van der Waals surface area contributed by atoms with Crippen molar-refractivity contribution in [2.24, 2.45) is 5.73 Å². The van der Waals surface area contributed by atoms with Crippen LogP contribution in [0.5, 0.6) is 0 Å². The first-order valence-corrected chi connectivity index (χ1v) is 7.94. The van der Waals surface area contributed by atoms with E-state index < -0.39 is 0 Å². The summed E-state index contributed by atoms with van der Waals surface area (Å²) in [6, 6.07) is 4.79. The fourth-order valence-corrected chi connectivity index (χ4v) is 4.11. The molecule has 0 saturated heterocycles. The smallest absolute Gasteiger partial charge is 0.0562 e. The first kappa shape index (κ1) is 15.0. The maximum absolute atomic E-state index is 6.02. The monoisotopic (exact) mass is 281 g/mol. The number of thiophene rings is 1. The Hall–Kier alpha value is -0.420. The van der Waals surface area contributed by atoms with Gasteiger partial charge >= 0.3 is 0 Å². The molecule has 1 aliphatic carbocycles. The van der Waals surface area contributed by atoms with Gasteiger partial charge in [-0.05, 0) is 59.5 Å². The van der Waals surface area contributed by atoms with Gasteiger partial charge in [0, 0.05) is 28.4 Å². The van der Waals surface area contributed by atoms with Crippen LogP contribution in [-0.2, 0) is 0 Å². The van der Waals surface area contributed by atoms with Crippen LogP contribution in [0, 0.1) is 6.92 Å². The molecule has 0 aliphatic heterocycles. The van der Waals surface area contributed by atoms with Gasteiger partial charge in [0.15, 0.2) is 0 Å². The van der Waals surface area contributed by atoms with E-state index in [1.54, 1.807) is 0 Å². The third-order valence-corrected chi connectivity index (χ3v) is 5.72. The highest BCUT2D eigenvalue weighted by Crippen LogP contribution is 2.38. The Morgan fingerprint density at radius 3 is 2.37 bits per heavy atom. The molecule has 0 radical (unpaired) electrons. The van der Waals surface area contributed by atoms with E-state index in [4.69, 9.17) is 5.73 Å². The number of likely N-dealkylation sites (N-methyl/N-ethyl adjacent to an activating group) is 2. The van der Waals surface area contributed by atoms with E-state index in [2.05, 4.69) is 50.0 Å². The summed E-state index contributed by atoms with van der Waals surface area (Å²) in [5.41, 5.74) is 6.39. The topological polar surface area (TPSA) is 32.5 Å². The van der Waals surface area contributed by atoms with Gasteiger partial charge in [0.1, 0.15) is 0 Å². The highest BCUT2D eigenvalue weighted by Gasteiger charge is 2.40. The number of aryl methyl sites for hydroxylation is 1. The van der Waals surface area contributed by atoms with Crippen molar-refractivity contribution in [1.82, 2.24) is 9.80 Å². The predicted octanol–water partition coefficient (Wildman–Crippen LogP) is 2.47. The molecule has 19 heavy (non-hydrogen) atoms. The molecular formula is C15H27N3S. The molecule has 108 valence electrons. The van der Waals surface area contributed by atoms with Crippen LogP contribution in [0.4, 0.5) is 0 Å². The summed E-state index contributed by atoms with van der Waals surface area (Å²) >= 11 is 1.87. The van der Waals surface area contributed by atoms with Crippen LogP contribution in [0.25, 0.3) is 0 Å². The SMILES string of the molecule is Cc1ccc(C(CN)N(C)CC2(N(C)C)CCC2)s1. The lowest BCUT2D eigenvalue weighted by Crippen LogP contribution is -2.57. The Kier molecular flexibility index (Phi) is 4.66. The third-order valence-electron chi connectivity index (χ3n) is 4.62. The maximum atomic E-state index is 6.02. The fraction of sp³-hybridized carbons (Fsp3) is 0.733. The van der Waals surface area contributed by atoms with Gasteiger partial charge in [-0.3, -0.25) is 4.90 Å². The molecule has 0 bridgehead atoms. The number of nitrogens with zero attached hydrogens (tertiary/aromatic N) is 2. The zero-order chi connectivity index (χ0) is 14.0. The predicted molar refractivity (Wildman–Crippen MR) is 83.8 cm³/mol. The number of rotatable bonds is 6. The van der Waals surface area contributed by atoms with Crippen molar-refractivity contribution in [3.63, 3.8) is 0 Å². The van der Waals surface area contributed by atoms with E-state index in [0.29, 0.717) is 18.1 Å². The van der Waals surface area contributed by atoms with Crippen LogP contribution in [0.2, 0.25) is 0 Å². The van der Waals surface area contributed by atoms with Crippen molar-refractivity contribution in [3.8, 4) is 0 Å². The largest absolute Gasteiger partial charge is 0.329 e. The highest BCUT2D eigenvalue weighted by molar-refractivity contribution is 7.12. The molecule has 3 nitrogen and oxygen atoms in total. The molecule has 1 heterocycles. The lowest BCUT2D eigenvalue weighted by molar-refractivity contribution is 0.0172. The van der Waals surface area contributed by atoms with Gasteiger partial charge in [0.25, 0.3) is 0 Å². The van der Waals surface area contributed by atoms with E-state index >= 15 is 0 Å². The first-order valence-electron chi connectivity index (χ1n) is 7.12. The molecule has 1 aliphatic rings.